The average molecular weight is 219 g/mol. The van der Waals surface area contributed by atoms with Crippen molar-refractivity contribution < 1.29 is 4.79 Å². The first kappa shape index (κ1) is 11.0. The largest absolute Gasteiger partial charge is 0.374 e. The van der Waals surface area contributed by atoms with Gasteiger partial charge in [0.2, 0.25) is 5.91 Å². The molecular weight excluding hydrogens is 202 g/mol. The molecule has 0 aliphatic carbocycles. The standard InChI is InChI=1S/C12H17N3O/c1-9(13)6-7-15-11-5-3-2-4-10(11)14-8-12(15)16/h2-5,9,14H,6-8,13H2,1H3. The summed E-state index contributed by atoms with van der Waals surface area (Å²) in [6, 6.07) is 7.97. The maximum absolute atomic E-state index is 11.8. The van der Waals surface area contributed by atoms with Crippen LogP contribution >= 0.6 is 0 Å². The Kier molecular flexibility index (Phi) is 3.10. The molecule has 1 aliphatic heterocycles. The van der Waals surface area contributed by atoms with E-state index in [-0.39, 0.29) is 11.9 Å². The number of para-hydroxylation sites is 2. The number of hydrogen-bond acceptors (Lipinski definition) is 3. The molecule has 2 rings (SSSR count). The summed E-state index contributed by atoms with van der Waals surface area (Å²) < 4.78 is 0. The van der Waals surface area contributed by atoms with Gasteiger partial charge in [0, 0.05) is 12.6 Å². The molecule has 1 aromatic carbocycles. The molecule has 1 heterocycles. The normalized spacial score (nSPS) is 16.6. The fraction of sp³-hybridized carbons (Fsp3) is 0.417. The first-order valence-corrected chi connectivity index (χ1v) is 5.57. The lowest BCUT2D eigenvalue weighted by Gasteiger charge is -2.30. The Morgan fingerprint density at radius 3 is 3.00 bits per heavy atom. The van der Waals surface area contributed by atoms with E-state index in [0.717, 1.165) is 17.8 Å². The van der Waals surface area contributed by atoms with Crippen LogP contribution in [-0.2, 0) is 4.79 Å². The molecular formula is C12H17N3O. The molecule has 1 atom stereocenters. The molecule has 1 amide bonds. The van der Waals surface area contributed by atoms with E-state index in [1.807, 2.05) is 36.1 Å². The number of carbonyl (C=O) groups is 1. The van der Waals surface area contributed by atoms with Gasteiger partial charge in [-0.15, -0.1) is 0 Å². The quantitative estimate of drug-likeness (QED) is 0.802. The number of nitrogens with one attached hydrogen (secondary N) is 1. The summed E-state index contributed by atoms with van der Waals surface area (Å²) in [4.78, 5) is 13.6. The number of carbonyl (C=O) groups excluding carboxylic acids is 1. The number of benzene rings is 1. The van der Waals surface area contributed by atoms with Gasteiger partial charge >= 0.3 is 0 Å². The van der Waals surface area contributed by atoms with E-state index in [1.165, 1.54) is 0 Å². The monoisotopic (exact) mass is 219 g/mol. The molecule has 3 N–H and O–H groups in total. The third-order valence-electron chi connectivity index (χ3n) is 2.73. The number of anilines is 2. The van der Waals surface area contributed by atoms with Gasteiger partial charge in [0.15, 0.2) is 0 Å². The van der Waals surface area contributed by atoms with Gasteiger partial charge in [-0.2, -0.15) is 0 Å². The predicted molar refractivity (Wildman–Crippen MR) is 65.6 cm³/mol. The molecule has 0 radical (unpaired) electrons. The topological polar surface area (TPSA) is 58.4 Å². The lowest BCUT2D eigenvalue weighted by molar-refractivity contribution is -0.117. The Morgan fingerprint density at radius 2 is 2.25 bits per heavy atom. The zero-order valence-electron chi connectivity index (χ0n) is 9.44. The van der Waals surface area contributed by atoms with Crippen molar-refractivity contribution in [3.63, 3.8) is 0 Å². The molecule has 86 valence electrons. The second kappa shape index (κ2) is 4.53. The van der Waals surface area contributed by atoms with E-state index in [1.54, 1.807) is 0 Å². The Morgan fingerprint density at radius 1 is 1.50 bits per heavy atom. The van der Waals surface area contributed by atoms with Gasteiger partial charge in [-0.05, 0) is 25.5 Å². The lowest BCUT2D eigenvalue weighted by atomic mass is 10.1. The molecule has 0 spiro atoms. The highest BCUT2D eigenvalue weighted by Crippen LogP contribution is 2.28. The molecule has 0 fully saturated rings. The van der Waals surface area contributed by atoms with E-state index in [4.69, 9.17) is 5.73 Å². The van der Waals surface area contributed by atoms with E-state index < -0.39 is 0 Å². The Labute approximate surface area is 95.4 Å². The maximum atomic E-state index is 11.8. The van der Waals surface area contributed by atoms with E-state index in [2.05, 4.69) is 5.32 Å². The molecule has 1 aromatic rings. The number of amides is 1. The third kappa shape index (κ3) is 2.17. The number of hydrogen-bond donors (Lipinski definition) is 2. The first-order valence-electron chi connectivity index (χ1n) is 5.57. The second-order valence-electron chi connectivity index (χ2n) is 4.18. The van der Waals surface area contributed by atoms with Crippen LogP contribution in [0.3, 0.4) is 0 Å². The number of rotatable bonds is 3. The lowest BCUT2D eigenvalue weighted by Crippen LogP contribution is -2.41. The van der Waals surface area contributed by atoms with Gasteiger partial charge in [0.25, 0.3) is 0 Å². The molecule has 0 bridgehead atoms. The van der Waals surface area contributed by atoms with Crippen LogP contribution in [0.5, 0.6) is 0 Å². The first-order chi connectivity index (χ1) is 7.68. The van der Waals surface area contributed by atoms with Crippen molar-refractivity contribution in [2.45, 2.75) is 19.4 Å². The van der Waals surface area contributed by atoms with Crippen LogP contribution < -0.4 is 16.0 Å². The van der Waals surface area contributed by atoms with Gasteiger partial charge in [0.1, 0.15) is 0 Å². The highest BCUT2D eigenvalue weighted by molar-refractivity contribution is 6.02. The summed E-state index contributed by atoms with van der Waals surface area (Å²) in [6.45, 7) is 3.02. The van der Waals surface area contributed by atoms with Crippen LogP contribution in [0.2, 0.25) is 0 Å². The second-order valence-corrected chi connectivity index (χ2v) is 4.18. The number of nitrogens with two attached hydrogens (primary N) is 1. The van der Waals surface area contributed by atoms with Crippen molar-refractivity contribution in [1.29, 1.82) is 0 Å². The zero-order chi connectivity index (χ0) is 11.5. The van der Waals surface area contributed by atoms with Crippen LogP contribution in [0.1, 0.15) is 13.3 Å². The molecule has 0 saturated carbocycles. The van der Waals surface area contributed by atoms with E-state index in [9.17, 15) is 4.79 Å². The number of nitrogens with zero attached hydrogens (tertiary/aromatic N) is 1. The summed E-state index contributed by atoms with van der Waals surface area (Å²) in [7, 11) is 0. The fourth-order valence-corrected chi connectivity index (χ4v) is 1.84. The maximum Gasteiger partial charge on any atom is 0.246 e. The minimum absolute atomic E-state index is 0.111. The summed E-state index contributed by atoms with van der Waals surface area (Å²) in [5, 5.41) is 3.11. The van der Waals surface area contributed by atoms with Crippen LogP contribution in [-0.4, -0.2) is 25.0 Å². The van der Waals surface area contributed by atoms with Gasteiger partial charge in [0.05, 0.1) is 17.9 Å². The molecule has 0 saturated heterocycles. The van der Waals surface area contributed by atoms with Gasteiger partial charge < -0.3 is 16.0 Å². The predicted octanol–water partition coefficient (Wildman–Crippen LogP) is 1.18. The van der Waals surface area contributed by atoms with E-state index >= 15 is 0 Å². The van der Waals surface area contributed by atoms with Crippen LogP contribution in [0, 0.1) is 0 Å². The van der Waals surface area contributed by atoms with Crippen LogP contribution in [0.15, 0.2) is 24.3 Å². The number of fused-ring (bicyclic) bond motifs is 1. The van der Waals surface area contributed by atoms with Crippen molar-refractivity contribution >= 4 is 17.3 Å². The highest BCUT2D eigenvalue weighted by atomic mass is 16.2. The molecule has 1 unspecified atom stereocenters. The van der Waals surface area contributed by atoms with Crippen molar-refractivity contribution in [2.24, 2.45) is 5.73 Å². The summed E-state index contributed by atoms with van der Waals surface area (Å²) in [5.74, 6) is 0.111. The summed E-state index contributed by atoms with van der Waals surface area (Å²) in [5.41, 5.74) is 7.70. The van der Waals surface area contributed by atoms with Crippen LogP contribution in [0.4, 0.5) is 11.4 Å². The Hall–Kier alpha value is -1.55. The Balaban J connectivity index is 2.19. The third-order valence-corrected chi connectivity index (χ3v) is 2.73. The molecule has 4 nitrogen and oxygen atoms in total. The van der Waals surface area contributed by atoms with Gasteiger partial charge in [-0.1, -0.05) is 12.1 Å². The average Bonchev–Trinajstić information content (AvgIpc) is 2.27. The van der Waals surface area contributed by atoms with Crippen LogP contribution in [0.25, 0.3) is 0 Å². The van der Waals surface area contributed by atoms with Crippen molar-refractivity contribution in [1.82, 2.24) is 0 Å². The molecule has 4 heteroatoms. The molecule has 16 heavy (non-hydrogen) atoms. The SMILES string of the molecule is CC(N)CCN1C(=O)CNc2ccccc21. The highest BCUT2D eigenvalue weighted by Gasteiger charge is 2.22. The minimum atomic E-state index is 0.111. The van der Waals surface area contributed by atoms with Crippen molar-refractivity contribution in [3.8, 4) is 0 Å². The smallest absolute Gasteiger partial charge is 0.246 e. The Bertz CT molecular complexity index is 390. The zero-order valence-corrected chi connectivity index (χ0v) is 9.44. The minimum Gasteiger partial charge on any atom is -0.374 e. The molecule has 0 aromatic heterocycles. The van der Waals surface area contributed by atoms with Crippen molar-refractivity contribution in [3.05, 3.63) is 24.3 Å². The molecule has 1 aliphatic rings. The summed E-state index contributed by atoms with van der Waals surface area (Å²) in [6.07, 6.45) is 0.820. The fourth-order valence-electron chi connectivity index (χ4n) is 1.84. The summed E-state index contributed by atoms with van der Waals surface area (Å²) >= 11 is 0. The van der Waals surface area contributed by atoms with Crippen molar-refractivity contribution in [2.75, 3.05) is 23.3 Å². The van der Waals surface area contributed by atoms with Gasteiger partial charge in [-0.3, -0.25) is 4.79 Å². The van der Waals surface area contributed by atoms with Gasteiger partial charge in [-0.25, -0.2) is 0 Å². The van der Waals surface area contributed by atoms with E-state index in [0.29, 0.717) is 13.1 Å².